The third-order valence-corrected chi connectivity index (χ3v) is 3.91. The SMILES string of the molecule is C[C@@H]1C/C=C\C[C@H](C)C(=O)N[C@H](c2ccccc2)COC1=O. The van der Waals surface area contributed by atoms with E-state index in [9.17, 15) is 9.59 Å². The normalized spacial score (nSPS) is 28.7. The Balaban J connectivity index is 2.19. The fourth-order valence-corrected chi connectivity index (χ4v) is 2.33. The fourth-order valence-electron chi connectivity index (χ4n) is 2.33. The predicted molar refractivity (Wildman–Crippen MR) is 85.0 cm³/mol. The standard InChI is InChI=1S/C18H23NO3/c1-13-8-6-7-9-14(2)18(21)22-12-16(19-17(13)20)15-10-4-3-5-11-15/h3-7,10-11,13-14,16H,8-9,12H2,1-2H3,(H,19,20)/b7-6-/t13-,14+,16-/m0/s1. The lowest BCUT2D eigenvalue weighted by molar-refractivity contribution is -0.149. The van der Waals surface area contributed by atoms with E-state index in [1.807, 2.05) is 56.3 Å². The molecule has 3 atom stereocenters. The molecule has 1 heterocycles. The minimum absolute atomic E-state index is 0.0248. The van der Waals surface area contributed by atoms with Crippen LogP contribution in [0.2, 0.25) is 0 Å². The van der Waals surface area contributed by atoms with E-state index in [1.54, 1.807) is 0 Å². The molecule has 2 rings (SSSR count). The van der Waals surface area contributed by atoms with Gasteiger partial charge < -0.3 is 10.1 Å². The summed E-state index contributed by atoms with van der Waals surface area (Å²) in [7, 11) is 0. The molecule has 0 spiro atoms. The van der Waals surface area contributed by atoms with Gasteiger partial charge >= 0.3 is 5.97 Å². The maximum Gasteiger partial charge on any atom is 0.309 e. The molecule has 1 amide bonds. The number of rotatable bonds is 1. The molecule has 118 valence electrons. The van der Waals surface area contributed by atoms with Gasteiger partial charge in [-0.05, 0) is 18.4 Å². The quantitative estimate of drug-likeness (QED) is 0.641. The van der Waals surface area contributed by atoms with Gasteiger partial charge in [0.1, 0.15) is 6.61 Å². The number of nitrogens with one attached hydrogen (secondary N) is 1. The zero-order valence-electron chi connectivity index (χ0n) is 13.1. The van der Waals surface area contributed by atoms with Gasteiger partial charge in [0.2, 0.25) is 5.91 Å². The summed E-state index contributed by atoms with van der Waals surface area (Å²) in [4.78, 5) is 24.3. The third kappa shape index (κ3) is 4.45. The van der Waals surface area contributed by atoms with Crippen LogP contribution in [0.15, 0.2) is 42.5 Å². The van der Waals surface area contributed by atoms with E-state index in [0.29, 0.717) is 12.8 Å². The lowest BCUT2D eigenvalue weighted by Gasteiger charge is -2.22. The molecule has 0 saturated heterocycles. The van der Waals surface area contributed by atoms with Crippen LogP contribution in [0, 0.1) is 11.8 Å². The molecule has 0 bridgehead atoms. The number of amides is 1. The van der Waals surface area contributed by atoms with Crippen LogP contribution in [0.25, 0.3) is 0 Å². The van der Waals surface area contributed by atoms with E-state index < -0.39 is 0 Å². The van der Waals surface area contributed by atoms with E-state index >= 15 is 0 Å². The van der Waals surface area contributed by atoms with Crippen LogP contribution < -0.4 is 5.32 Å². The number of carbonyl (C=O) groups is 2. The molecule has 0 fully saturated rings. The minimum Gasteiger partial charge on any atom is -0.463 e. The van der Waals surface area contributed by atoms with Crippen molar-refractivity contribution in [1.82, 2.24) is 5.32 Å². The first-order valence-electron chi connectivity index (χ1n) is 7.75. The molecule has 0 radical (unpaired) electrons. The molecule has 1 N–H and O–H groups in total. The van der Waals surface area contributed by atoms with Gasteiger partial charge in [0.05, 0.1) is 12.0 Å². The molecule has 1 aliphatic rings. The lowest BCUT2D eigenvalue weighted by atomic mass is 10.0. The molecule has 0 saturated carbocycles. The van der Waals surface area contributed by atoms with Crippen LogP contribution in [-0.4, -0.2) is 18.5 Å². The average Bonchev–Trinajstić information content (AvgIpc) is 2.54. The molecule has 0 aromatic heterocycles. The Kier molecular flexibility index (Phi) is 5.75. The van der Waals surface area contributed by atoms with Crippen molar-refractivity contribution in [3.8, 4) is 0 Å². The molecule has 1 aliphatic heterocycles. The highest BCUT2D eigenvalue weighted by atomic mass is 16.5. The number of cyclic esters (lactones) is 1. The average molecular weight is 301 g/mol. The second kappa shape index (κ2) is 7.78. The first-order chi connectivity index (χ1) is 10.6. The number of benzene rings is 1. The Labute approximate surface area is 131 Å². The van der Waals surface area contributed by atoms with E-state index in [4.69, 9.17) is 4.74 Å². The number of esters is 1. The van der Waals surface area contributed by atoms with Crippen molar-refractivity contribution in [2.75, 3.05) is 6.61 Å². The number of hydrogen-bond donors (Lipinski definition) is 1. The van der Waals surface area contributed by atoms with Gasteiger partial charge in [-0.25, -0.2) is 0 Å². The Hall–Kier alpha value is -2.10. The van der Waals surface area contributed by atoms with Crippen LogP contribution in [0.3, 0.4) is 0 Å². The zero-order valence-corrected chi connectivity index (χ0v) is 13.1. The summed E-state index contributed by atoms with van der Waals surface area (Å²) in [6, 6.07) is 9.29. The molecule has 1 aromatic rings. The van der Waals surface area contributed by atoms with Crippen LogP contribution in [0.5, 0.6) is 0 Å². The zero-order chi connectivity index (χ0) is 15.9. The maximum atomic E-state index is 12.3. The summed E-state index contributed by atoms with van der Waals surface area (Å²) < 4.78 is 5.39. The maximum absolute atomic E-state index is 12.3. The number of hydrogen-bond acceptors (Lipinski definition) is 3. The summed E-state index contributed by atoms with van der Waals surface area (Å²) >= 11 is 0. The highest BCUT2D eigenvalue weighted by Gasteiger charge is 2.22. The third-order valence-electron chi connectivity index (χ3n) is 3.91. The van der Waals surface area contributed by atoms with Crippen molar-refractivity contribution in [2.24, 2.45) is 11.8 Å². The van der Waals surface area contributed by atoms with Crippen molar-refractivity contribution in [1.29, 1.82) is 0 Å². The Morgan fingerprint density at radius 3 is 2.32 bits per heavy atom. The highest BCUT2D eigenvalue weighted by Crippen LogP contribution is 2.17. The first-order valence-corrected chi connectivity index (χ1v) is 7.75. The van der Waals surface area contributed by atoms with Gasteiger partial charge in [0, 0.05) is 5.92 Å². The van der Waals surface area contributed by atoms with Crippen LogP contribution >= 0.6 is 0 Å². The molecule has 1 aromatic carbocycles. The molecular formula is C18H23NO3. The summed E-state index contributed by atoms with van der Waals surface area (Å²) in [6.07, 6.45) is 5.23. The van der Waals surface area contributed by atoms with E-state index in [0.717, 1.165) is 5.56 Å². The molecule has 4 nitrogen and oxygen atoms in total. The van der Waals surface area contributed by atoms with Crippen molar-refractivity contribution < 1.29 is 14.3 Å². The molecular weight excluding hydrogens is 278 g/mol. The monoisotopic (exact) mass is 301 g/mol. The number of ether oxygens (including phenoxy) is 1. The van der Waals surface area contributed by atoms with Gasteiger partial charge in [0.25, 0.3) is 0 Å². The Morgan fingerprint density at radius 2 is 1.64 bits per heavy atom. The van der Waals surface area contributed by atoms with Gasteiger partial charge in [0.15, 0.2) is 0 Å². The van der Waals surface area contributed by atoms with Crippen LogP contribution in [0.4, 0.5) is 0 Å². The minimum atomic E-state index is -0.310. The van der Waals surface area contributed by atoms with Crippen molar-refractivity contribution in [3.05, 3.63) is 48.0 Å². The summed E-state index contributed by atoms with van der Waals surface area (Å²) in [5, 5.41) is 2.99. The molecule has 4 heteroatoms. The molecule has 0 unspecified atom stereocenters. The summed E-state index contributed by atoms with van der Waals surface area (Å²) in [5.74, 6) is -0.525. The van der Waals surface area contributed by atoms with Crippen molar-refractivity contribution in [3.63, 3.8) is 0 Å². The largest absolute Gasteiger partial charge is 0.463 e. The molecule has 0 aliphatic carbocycles. The summed E-state index contributed by atoms with van der Waals surface area (Å²) in [6.45, 7) is 3.93. The van der Waals surface area contributed by atoms with Gasteiger partial charge in [-0.2, -0.15) is 0 Å². The van der Waals surface area contributed by atoms with Crippen LogP contribution in [-0.2, 0) is 14.3 Å². The van der Waals surface area contributed by atoms with Crippen molar-refractivity contribution in [2.45, 2.75) is 32.7 Å². The summed E-state index contributed by atoms with van der Waals surface area (Å²) in [5.41, 5.74) is 0.941. The van der Waals surface area contributed by atoms with Crippen molar-refractivity contribution >= 4 is 11.9 Å². The Morgan fingerprint density at radius 1 is 1.00 bits per heavy atom. The lowest BCUT2D eigenvalue weighted by Crippen LogP contribution is -2.36. The topological polar surface area (TPSA) is 55.4 Å². The second-order valence-corrected chi connectivity index (χ2v) is 5.85. The second-order valence-electron chi connectivity index (χ2n) is 5.85. The van der Waals surface area contributed by atoms with Gasteiger partial charge in [-0.15, -0.1) is 0 Å². The van der Waals surface area contributed by atoms with Gasteiger partial charge in [-0.1, -0.05) is 56.3 Å². The first kappa shape index (κ1) is 16.3. The van der Waals surface area contributed by atoms with Gasteiger partial charge in [-0.3, -0.25) is 9.59 Å². The highest BCUT2D eigenvalue weighted by molar-refractivity contribution is 5.79. The number of allylic oxidation sites excluding steroid dienone is 2. The van der Waals surface area contributed by atoms with E-state index in [2.05, 4.69) is 5.32 Å². The fraction of sp³-hybridized carbons (Fsp3) is 0.444. The van der Waals surface area contributed by atoms with E-state index in [-0.39, 0.29) is 36.4 Å². The predicted octanol–water partition coefficient (Wildman–Crippen LogP) is 3.01. The van der Waals surface area contributed by atoms with E-state index in [1.165, 1.54) is 0 Å². The number of carbonyl (C=O) groups excluding carboxylic acids is 2. The smallest absolute Gasteiger partial charge is 0.309 e. The molecule has 22 heavy (non-hydrogen) atoms. The van der Waals surface area contributed by atoms with Crippen LogP contribution in [0.1, 0.15) is 38.3 Å². The Bertz CT molecular complexity index is 539.